The Bertz CT molecular complexity index is 560. The molecule has 0 unspecified atom stereocenters. The van der Waals surface area contributed by atoms with Gasteiger partial charge in [0.25, 0.3) is 5.91 Å². The highest BCUT2D eigenvalue weighted by atomic mass is 35.5. The maximum Gasteiger partial charge on any atom is 0.254 e. The van der Waals surface area contributed by atoms with E-state index >= 15 is 0 Å². The molecule has 0 radical (unpaired) electrons. The first-order valence-electron chi connectivity index (χ1n) is 5.58. The summed E-state index contributed by atoms with van der Waals surface area (Å²) in [6.07, 6.45) is 4.91. The SMILES string of the molecule is CCn1cc(Cl)c(CNC(=O)c2cnn(C)c2)n1. The number of carbonyl (C=O) groups is 1. The number of carbonyl (C=O) groups excluding carboxylic acids is 1. The van der Waals surface area contributed by atoms with Crippen LogP contribution in [0.3, 0.4) is 0 Å². The summed E-state index contributed by atoms with van der Waals surface area (Å²) in [5.74, 6) is -0.190. The van der Waals surface area contributed by atoms with Crippen LogP contribution in [-0.4, -0.2) is 25.5 Å². The maximum absolute atomic E-state index is 11.8. The number of halogens is 1. The molecule has 7 heteroatoms. The minimum Gasteiger partial charge on any atom is -0.346 e. The topological polar surface area (TPSA) is 64.7 Å². The predicted molar refractivity (Wildman–Crippen MR) is 67.3 cm³/mol. The van der Waals surface area contributed by atoms with Gasteiger partial charge in [-0.1, -0.05) is 11.6 Å². The molecule has 0 saturated carbocycles. The zero-order chi connectivity index (χ0) is 13.1. The lowest BCUT2D eigenvalue weighted by atomic mass is 10.3. The second-order valence-electron chi connectivity index (χ2n) is 3.86. The first kappa shape index (κ1) is 12.6. The number of aromatic nitrogens is 4. The Morgan fingerprint density at radius 3 is 2.83 bits per heavy atom. The quantitative estimate of drug-likeness (QED) is 0.906. The van der Waals surface area contributed by atoms with Crippen molar-refractivity contribution in [3.8, 4) is 0 Å². The Balaban J connectivity index is 1.99. The Kier molecular flexibility index (Phi) is 3.66. The minimum absolute atomic E-state index is 0.190. The minimum atomic E-state index is -0.190. The van der Waals surface area contributed by atoms with Gasteiger partial charge in [0.15, 0.2) is 0 Å². The Morgan fingerprint density at radius 1 is 1.50 bits per heavy atom. The van der Waals surface area contributed by atoms with Gasteiger partial charge in [-0.2, -0.15) is 10.2 Å². The van der Waals surface area contributed by atoms with E-state index in [1.807, 2.05) is 6.92 Å². The molecule has 2 heterocycles. The van der Waals surface area contributed by atoms with Crippen molar-refractivity contribution in [1.29, 1.82) is 0 Å². The molecule has 6 nitrogen and oxygen atoms in total. The van der Waals surface area contributed by atoms with E-state index in [1.165, 1.54) is 6.20 Å². The number of hydrogen-bond acceptors (Lipinski definition) is 3. The molecule has 0 atom stereocenters. The fourth-order valence-corrected chi connectivity index (χ4v) is 1.74. The van der Waals surface area contributed by atoms with E-state index < -0.39 is 0 Å². The largest absolute Gasteiger partial charge is 0.346 e. The molecule has 2 aromatic rings. The fourth-order valence-electron chi connectivity index (χ4n) is 1.52. The average Bonchev–Trinajstić information content (AvgIpc) is 2.92. The molecule has 0 aliphatic heterocycles. The van der Waals surface area contributed by atoms with Gasteiger partial charge < -0.3 is 5.32 Å². The highest BCUT2D eigenvalue weighted by Gasteiger charge is 2.10. The van der Waals surface area contributed by atoms with Crippen LogP contribution in [0.5, 0.6) is 0 Å². The smallest absolute Gasteiger partial charge is 0.254 e. The number of aryl methyl sites for hydroxylation is 2. The molecule has 0 aliphatic carbocycles. The van der Waals surface area contributed by atoms with Crippen LogP contribution in [0.15, 0.2) is 18.6 Å². The average molecular weight is 268 g/mol. The van der Waals surface area contributed by atoms with Gasteiger partial charge in [0.1, 0.15) is 5.69 Å². The van der Waals surface area contributed by atoms with Gasteiger partial charge in [-0.05, 0) is 6.92 Å². The Morgan fingerprint density at radius 2 is 2.28 bits per heavy atom. The van der Waals surface area contributed by atoms with E-state index in [9.17, 15) is 4.79 Å². The van der Waals surface area contributed by atoms with E-state index in [4.69, 9.17) is 11.6 Å². The molecule has 1 N–H and O–H groups in total. The van der Waals surface area contributed by atoms with Crippen LogP contribution < -0.4 is 5.32 Å². The molecular formula is C11H14ClN5O. The van der Waals surface area contributed by atoms with E-state index in [-0.39, 0.29) is 5.91 Å². The van der Waals surface area contributed by atoms with Crippen LogP contribution in [0.2, 0.25) is 5.02 Å². The summed E-state index contributed by atoms with van der Waals surface area (Å²) in [5.41, 5.74) is 1.18. The van der Waals surface area contributed by atoms with E-state index in [2.05, 4.69) is 15.5 Å². The summed E-state index contributed by atoms with van der Waals surface area (Å²) in [6.45, 7) is 3.02. The number of rotatable bonds is 4. The van der Waals surface area contributed by atoms with Gasteiger partial charge in [-0.15, -0.1) is 0 Å². The maximum atomic E-state index is 11.8. The second-order valence-corrected chi connectivity index (χ2v) is 4.27. The van der Waals surface area contributed by atoms with Crippen molar-refractivity contribution in [2.45, 2.75) is 20.0 Å². The van der Waals surface area contributed by atoms with Crippen LogP contribution in [0.1, 0.15) is 23.0 Å². The van der Waals surface area contributed by atoms with Crippen molar-refractivity contribution >= 4 is 17.5 Å². The third-order valence-electron chi connectivity index (χ3n) is 2.49. The first-order valence-corrected chi connectivity index (χ1v) is 5.96. The van der Waals surface area contributed by atoms with Crippen LogP contribution in [0.25, 0.3) is 0 Å². The van der Waals surface area contributed by atoms with Crippen LogP contribution in [0.4, 0.5) is 0 Å². The van der Waals surface area contributed by atoms with E-state index in [0.29, 0.717) is 22.8 Å². The molecule has 0 aliphatic rings. The summed E-state index contributed by atoms with van der Waals surface area (Å²) >= 11 is 6.01. The lowest BCUT2D eigenvalue weighted by molar-refractivity contribution is 0.0950. The summed E-state index contributed by atoms with van der Waals surface area (Å²) in [4.78, 5) is 11.8. The molecule has 2 aromatic heterocycles. The molecule has 2 rings (SSSR count). The molecular weight excluding hydrogens is 254 g/mol. The first-order chi connectivity index (χ1) is 8.60. The normalized spacial score (nSPS) is 10.6. The van der Waals surface area contributed by atoms with Gasteiger partial charge in [-0.3, -0.25) is 14.2 Å². The molecule has 18 heavy (non-hydrogen) atoms. The van der Waals surface area contributed by atoms with Crippen LogP contribution in [-0.2, 0) is 20.1 Å². The molecule has 0 spiro atoms. The fraction of sp³-hybridized carbons (Fsp3) is 0.364. The molecule has 96 valence electrons. The third-order valence-corrected chi connectivity index (χ3v) is 2.81. The highest BCUT2D eigenvalue weighted by molar-refractivity contribution is 6.31. The Hall–Kier alpha value is -1.82. The predicted octanol–water partition coefficient (Wildman–Crippen LogP) is 1.22. The standard InChI is InChI=1S/C11H14ClN5O/c1-3-17-7-9(12)10(15-17)5-13-11(18)8-4-14-16(2)6-8/h4,6-7H,3,5H2,1-2H3,(H,13,18). The van der Waals surface area contributed by atoms with Crippen LogP contribution in [0, 0.1) is 0 Å². The van der Waals surface area contributed by atoms with Gasteiger partial charge >= 0.3 is 0 Å². The molecule has 0 bridgehead atoms. The zero-order valence-corrected chi connectivity index (χ0v) is 11.0. The monoisotopic (exact) mass is 267 g/mol. The summed E-state index contributed by atoms with van der Waals surface area (Å²) in [5, 5.41) is 11.5. The summed E-state index contributed by atoms with van der Waals surface area (Å²) in [7, 11) is 1.76. The molecule has 0 fully saturated rings. The third kappa shape index (κ3) is 2.70. The van der Waals surface area contributed by atoms with E-state index in [1.54, 1.807) is 28.8 Å². The second kappa shape index (κ2) is 5.22. The number of hydrogen-bond donors (Lipinski definition) is 1. The summed E-state index contributed by atoms with van der Waals surface area (Å²) < 4.78 is 3.31. The molecule has 0 aromatic carbocycles. The van der Waals surface area contributed by atoms with Crippen molar-refractivity contribution in [2.24, 2.45) is 7.05 Å². The van der Waals surface area contributed by atoms with Gasteiger partial charge in [0.05, 0.1) is 23.3 Å². The van der Waals surface area contributed by atoms with Crippen molar-refractivity contribution < 1.29 is 4.79 Å². The number of amides is 1. The van der Waals surface area contributed by atoms with E-state index in [0.717, 1.165) is 6.54 Å². The van der Waals surface area contributed by atoms with Gasteiger partial charge in [-0.25, -0.2) is 0 Å². The summed E-state index contributed by atoms with van der Waals surface area (Å²) in [6, 6.07) is 0. The van der Waals surface area contributed by atoms with Crippen molar-refractivity contribution in [3.63, 3.8) is 0 Å². The zero-order valence-electron chi connectivity index (χ0n) is 10.2. The highest BCUT2D eigenvalue weighted by Crippen LogP contribution is 2.13. The lowest BCUT2D eigenvalue weighted by Gasteiger charge is -2.01. The van der Waals surface area contributed by atoms with Gasteiger partial charge in [0, 0.05) is 26.0 Å². The number of nitrogens with zero attached hydrogens (tertiary/aromatic N) is 4. The lowest BCUT2D eigenvalue weighted by Crippen LogP contribution is -2.22. The van der Waals surface area contributed by atoms with Crippen molar-refractivity contribution in [1.82, 2.24) is 24.9 Å². The van der Waals surface area contributed by atoms with Crippen molar-refractivity contribution in [3.05, 3.63) is 34.9 Å². The van der Waals surface area contributed by atoms with Gasteiger partial charge in [0.2, 0.25) is 0 Å². The van der Waals surface area contributed by atoms with Crippen molar-refractivity contribution in [2.75, 3.05) is 0 Å². The Labute approximate surface area is 110 Å². The molecule has 0 saturated heterocycles. The van der Waals surface area contributed by atoms with Crippen LogP contribution >= 0.6 is 11.6 Å². The number of nitrogens with one attached hydrogen (secondary N) is 1. The molecule has 1 amide bonds.